The van der Waals surface area contributed by atoms with Crippen LogP contribution in [0.25, 0.3) is 0 Å². The minimum Gasteiger partial charge on any atom is -0.393 e. The van der Waals surface area contributed by atoms with Gasteiger partial charge in [-0.3, -0.25) is 0 Å². The Morgan fingerprint density at radius 3 is 2.54 bits per heavy atom. The molecule has 0 aliphatic carbocycles. The molecule has 0 saturated carbocycles. The van der Waals surface area contributed by atoms with Gasteiger partial charge in [0.05, 0.1) is 6.10 Å². The SMILES string of the molecule is CC(O)C1CCOC(C(F)(F)F)C1. The van der Waals surface area contributed by atoms with E-state index in [1.165, 1.54) is 6.92 Å². The number of alkyl halides is 3. The standard InChI is InChI=1S/C8H13F3O2/c1-5(12)6-2-3-13-7(4-6)8(9,10)11/h5-7,12H,2-4H2,1H3. The third-order valence-corrected chi connectivity index (χ3v) is 2.37. The second-order valence-electron chi connectivity index (χ2n) is 3.43. The van der Waals surface area contributed by atoms with Crippen LogP contribution >= 0.6 is 0 Å². The molecular weight excluding hydrogens is 185 g/mol. The Morgan fingerprint density at radius 2 is 2.08 bits per heavy atom. The third kappa shape index (κ3) is 2.84. The van der Waals surface area contributed by atoms with Gasteiger partial charge in [-0.1, -0.05) is 0 Å². The summed E-state index contributed by atoms with van der Waals surface area (Å²) in [6.07, 6.45) is -6.30. The lowest BCUT2D eigenvalue weighted by molar-refractivity contribution is -0.238. The number of ether oxygens (including phenoxy) is 1. The fourth-order valence-corrected chi connectivity index (χ4v) is 1.49. The van der Waals surface area contributed by atoms with Crippen LogP contribution in [-0.2, 0) is 4.74 Å². The van der Waals surface area contributed by atoms with E-state index >= 15 is 0 Å². The molecule has 0 amide bonds. The van der Waals surface area contributed by atoms with Gasteiger partial charge < -0.3 is 9.84 Å². The van der Waals surface area contributed by atoms with Crippen molar-refractivity contribution in [2.24, 2.45) is 5.92 Å². The van der Waals surface area contributed by atoms with E-state index in [4.69, 9.17) is 5.11 Å². The molecule has 0 spiro atoms. The van der Waals surface area contributed by atoms with E-state index in [-0.39, 0.29) is 18.9 Å². The van der Waals surface area contributed by atoms with Gasteiger partial charge in [-0.05, 0) is 25.7 Å². The van der Waals surface area contributed by atoms with E-state index < -0.39 is 18.4 Å². The fourth-order valence-electron chi connectivity index (χ4n) is 1.49. The highest BCUT2D eigenvalue weighted by Crippen LogP contribution is 2.33. The smallest absolute Gasteiger partial charge is 0.393 e. The fraction of sp³-hybridized carbons (Fsp3) is 1.00. The molecule has 3 unspecified atom stereocenters. The first-order chi connectivity index (χ1) is 5.91. The van der Waals surface area contributed by atoms with E-state index in [1.807, 2.05) is 0 Å². The molecule has 0 aromatic rings. The Bertz CT molecular complexity index is 167. The monoisotopic (exact) mass is 198 g/mol. The maximum atomic E-state index is 12.2. The summed E-state index contributed by atoms with van der Waals surface area (Å²) in [5.41, 5.74) is 0. The Morgan fingerprint density at radius 1 is 1.46 bits per heavy atom. The molecule has 1 N–H and O–H groups in total. The molecule has 5 heteroatoms. The summed E-state index contributed by atoms with van der Waals surface area (Å²) in [4.78, 5) is 0. The Hall–Kier alpha value is -0.290. The predicted octanol–water partition coefficient (Wildman–Crippen LogP) is 1.72. The van der Waals surface area contributed by atoms with Gasteiger partial charge in [-0.15, -0.1) is 0 Å². The first kappa shape index (κ1) is 10.8. The van der Waals surface area contributed by atoms with Crippen LogP contribution in [0.2, 0.25) is 0 Å². The first-order valence-corrected chi connectivity index (χ1v) is 4.27. The maximum Gasteiger partial charge on any atom is 0.414 e. The van der Waals surface area contributed by atoms with E-state index in [0.717, 1.165) is 0 Å². The lowest BCUT2D eigenvalue weighted by atomic mass is 9.91. The molecular formula is C8H13F3O2. The summed E-state index contributed by atoms with van der Waals surface area (Å²) in [5, 5.41) is 9.14. The van der Waals surface area contributed by atoms with Gasteiger partial charge in [0.2, 0.25) is 0 Å². The lowest BCUT2D eigenvalue weighted by Crippen LogP contribution is -2.40. The van der Waals surface area contributed by atoms with Crippen molar-refractivity contribution in [1.29, 1.82) is 0 Å². The number of hydrogen-bond acceptors (Lipinski definition) is 2. The molecule has 1 heterocycles. The number of hydrogen-bond donors (Lipinski definition) is 1. The zero-order valence-electron chi connectivity index (χ0n) is 7.34. The van der Waals surface area contributed by atoms with Gasteiger partial charge >= 0.3 is 6.18 Å². The average Bonchev–Trinajstić information content (AvgIpc) is 2.03. The van der Waals surface area contributed by atoms with E-state index in [9.17, 15) is 13.2 Å². The summed E-state index contributed by atoms with van der Waals surface area (Å²) < 4.78 is 41.1. The molecule has 1 rings (SSSR count). The zero-order valence-corrected chi connectivity index (χ0v) is 7.34. The van der Waals surface area contributed by atoms with Gasteiger partial charge in [0.25, 0.3) is 0 Å². The van der Waals surface area contributed by atoms with Crippen molar-refractivity contribution < 1.29 is 23.0 Å². The lowest BCUT2D eigenvalue weighted by Gasteiger charge is -2.32. The minimum atomic E-state index is -4.30. The van der Waals surface area contributed by atoms with Gasteiger partial charge in [0, 0.05) is 6.61 Å². The van der Waals surface area contributed by atoms with Crippen LogP contribution in [0.15, 0.2) is 0 Å². The van der Waals surface area contributed by atoms with Crippen molar-refractivity contribution in [1.82, 2.24) is 0 Å². The topological polar surface area (TPSA) is 29.5 Å². The number of halogens is 3. The molecule has 0 aromatic carbocycles. The number of aliphatic hydroxyl groups excluding tert-OH is 1. The van der Waals surface area contributed by atoms with Crippen molar-refractivity contribution in [3.05, 3.63) is 0 Å². The molecule has 1 aliphatic rings. The number of aliphatic hydroxyl groups is 1. The van der Waals surface area contributed by atoms with E-state index in [0.29, 0.717) is 6.42 Å². The molecule has 1 saturated heterocycles. The zero-order chi connectivity index (χ0) is 10.1. The third-order valence-electron chi connectivity index (χ3n) is 2.37. The summed E-state index contributed by atoms with van der Waals surface area (Å²) in [5.74, 6) is -0.291. The minimum absolute atomic E-state index is 0.0831. The first-order valence-electron chi connectivity index (χ1n) is 4.27. The maximum absolute atomic E-state index is 12.2. The molecule has 0 radical (unpaired) electrons. The highest BCUT2D eigenvalue weighted by molar-refractivity contribution is 4.79. The van der Waals surface area contributed by atoms with E-state index in [2.05, 4.69) is 4.74 Å². The quantitative estimate of drug-likeness (QED) is 0.695. The van der Waals surface area contributed by atoms with E-state index in [1.54, 1.807) is 0 Å². The van der Waals surface area contributed by atoms with Crippen LogP contribution in [0, 0.1) is 5.92 Å². The van der Waals surface area contributed by atoms with Crippen LogP contribution in [0.5, 0.6) is 0 Å². The number of rotatable bonds is 1. The predicted molar refractivity (Wildman–Crippen MR) is 40.2 cm³/mol. The van der Waals surface area contributed by atoms with Gasteiger partial charge in [0.15, 0.2) is 6.10 Å². The molecule has 2 nitrogen and oxygen atoms in total. The van der Waals surface area contributed by atoms with Crippen molar-refractivity contribution in [3.63, 3.8) is 0 Å². The van der Waals surface area contributed by atoms with Gasteiger partial charge in [-0.2, -0.15) is 13.2 Å². The molecule has 78 valence electrons. The normalized spacial score (nSPS) is 33.0. The van der Waals surface area contributed by atoms with Crippen LogP contribution in [-0.4, -0.2) is 30.1 Å². The Labute approximate surface area is 74.7 Å². The van der Waals surface area contributed by atoms with Crippen LogP contribution in [0.3, 0.4) is 0 Å². The second-order valence-corrected chi connectivity index (χ2v) is 3.43. The molecule has 13 heavy (non-hydrogen) atoms. The summed E-state index contributed by atoms with van der Waals surface area (Å²) >= 11 is 0. The van der Waals surface area contributed by atoms with Crippen molar-refractivity contribution in [2.75, 3.05) is 6.61 Å². The van der Waals surface area contributed by atoms with Gasteiger partial charge in [0.1, 0.15) is 0 Å². The summed E-state index contributed by atoms with van der Waals surface area (Å²) in [6, 6.07) is 0. The highest BCUT2D eigenvalue weighted by atomic mass is 19.4. The molecule has 1 aliphatic heterocycles. The van der Waals surface area contributed by atoms with Gasteiger partial charge in [-0.25, -0.2) is 0 Å². The van der Waals surface area contributed by atoms with Crippen LogP contribution in [0.1, 0.15) is 19.8 Å². The highest BCUT2D eigenvalue weighted by Gasteiger charge is 2.44. The largest absolute Gasteiger partial charge is 0.414 e. The van der Waals surface area contributed by atoms with Crippen LogP contribution in [0.4, 0.5) is 13.2 Å². The Balaban J connectivity index is 2.52. The summed E-state index contributed by atoms with van der Waals surface area (Å²) in [7, 11) is 0. The molecule has 1 fully saturated rings. The van der Waals surface area contributed by atoms with Crippen molar-refractivity contribution in [3.8, 4) is 0 Å². The van der Waals surface area contributed by atoms with Crippen LogP contribution < -0.4 is 0 Å². The molecule has 3 atom stereocenters. The summed E-state index contributed by atoms with van der Waals surface area (Å²) in [6.45, 7) is 1.60. The average molecular weight is 198 g/mol. The molecule has 0 aromatic heterocycles. The van der Waals surface area contributed by atoms with Crippen molar-refractivity contribution >= 4 is 0 Å². The second kappa shape index (κ2) is 3.84. The van der Waals surface area contributed by atoms with Crippen molar-refractivity contribution in [2.45, 2.75) is 38.1 Å². The molecule has 0 bridgehead atoms. The Kier molecular flexibility index (Phi) is 3.18.